The van der Waals surface area contributed by atoms with Gasteiger partial charge in [0, 0.05) is 24.4 Å². The van der Waals surface area contributed by atoms with Crippen LogP contribution in [0, 0.1) is 11.8 Å². The molecule has 0 radical (unpaired) electrons. The minimum absolute atomic E-state index is 0.0699. The third kappa shape index (κ3) is 12.2. The van der Waals surface area contributed by atoms with Gasteiger partial charge in [0.1, 0.15) is 30.2 Å². The van der Waals surface area contributed by atoms with Crippen molar-refractivity contribution in [3.63, 3.8) is 0 Å². The molecule has 0 bridgehead atoms. The Kier molecular flexibility index (Phi) is 15.0. The van der Waals surface area contributed by atoms with Crippen LogP contribution < -0.4 is 32.3 Å². The molecule has 13 heteroatoms. The normalized spacial score (nSPS) is 13.9. The Bertz CT molecular complexity index is 1950. The molecule has 3 aromatic carbocycles. The number of nitrogens with zero attached hydrogens (tertiary/aromatic N) is 1. The van der Waals surface area contributed by atoms with Gasteiger partial charge in [-0.25, -0.2) is 0 Å². The lowest BCUT2D eigenvalue weighted by Gasteiger charge is -2.28. The first kappa shape index (κ1) is 41.6. The van der Waals surface area contributed by atoms with E-state index < -0.39 is 71.6 Å². The van der Waals surface area contributed by atoms with Crippen LogP contribution in [0.2, 0.25) is 0 Å². The van der Waals surface area contributed by atoms with E-state index in [1.807, 2.05) is 56.3 Å². The number of primary amides is 1. The highest BCUT2D eigenvalue weighted by molar-refractivity contribution is 6.07. The monoisotopic (exact) mass is 749 g/mol. The molecule has 1 heterocycles. The van der Waals surface area contributed by atoms with Gasteiger partial charge in [-0.1, -0.05) is 107 Å². The highest BCUT2D eigenvalue weighted by Gasteiger charge is 2.33. The Labute approximate surface area is 321 Å². The average Bonchev–Trinajstić information content (AvgIpc) is 3.16. The van der Waals surface area contributed by atoms with E-state index in [1.54, 1.807) is 62.4 Å². The van der Waals surface area contributed by atoms with Crippen molar-refractivity contribution in [3.05, 3.63) is 114 Å². The number of carbonyl (C=O) groups excluding carboxylic acids is 6. The molecule has 1 aromatic heterocycles. The van der Waals surface area contributed by atoms with Gasteiger partial charge in [-0.3, -0.25) is 33.8 Å². The number of carbonyl (C=O) groups is 6. The summed E-state index contributed by atoms with van der Waals surface area (Å²) >= 11 is 0. The summed E-state index contributed by atoms with van der Waals surface area (Å²) in [5.41, 5.74) is 8.02. The summed E-state index contributed by atoms with van der Waals surface area (Å²) in [4.78, 5) is 84.9. The zero-order valence-corrected chi connectivity index (χ0v) is 31.9. The van der Waals surface area contributed by atoms with Gasteiger partial charge >= 0.3 is 0 Å². The van der Waals surface area contributed by atoms with Crippen LogP contribution in [-0.2, 0) is 36.8 Å². The Morgan fingerprint density at radius 2 is 1.09 bits per heavy atom. The molecule has 0 spiro atoms. The Balaban J connectivity index is 1.55. The fraction of sp³-hybridized carbons (Fsp3) is 0.357. The standard InChI is InChI=1S/C42H51N7O6/c1-25(2)22-33(37(43)50)46-42(55)36(26(3)4)49-41(54)35(24-29-16-10-7-11-17-29)48-40(53)34(23-28-14-8-6-9-15-28)47-38(51)27(5)45-39(52)31-20-21-44-32-19-13-12-18-30(31)32/h6-21,25-27,33-36H,22-24H2,1-5H3,(H2,43,50)(H,45,52)(H,46,55)(H,47,51)(H,48,53)(H,49,54)/t27-,33-,34-,35-,36-/m1/s1. The zero-order valence-electron chi connectivity index (χ0n) is 31.9. The van der Waals surface area contributed by atoms with Crippen molar-refractivity contribution >= 4 is 46.3 Å². The summed E-state index contributed by atoms with van der Waals surface area (Å²) in [6, 6.07) is 21.5. The van der Waals surface area contributed by atoms with E-state index in [2.05, 4.69) is 31.6 Å². The van der Waals surface area contributed by atoms with E-state index in [-0.39, 0.29) is 18.8 Å². The quantitative estimate of drug-likeness (QED) is 0.0898. The topological polar surface area (TPSA) is 201 Å². The molecule has 13 nitrogen and oxygen atoms in total. The molecular weight excluding hydrogens is 699 g/mol. The highest BCUT2D eigenvalue weighted by atomic mass is 16.2. The van der Waals surface area contributed by atoms with Crippen LogP contribution in [0.4, 0.5) is 0 Å². The second-order valence-corrected chi connectivity index (χ2v) is 14.4. The molecule has 55 heavy (non-hydrogen) atoms. The maximum absolute atomic E-state index is 14.1. The van der Waals surface area contributed by atoms with Crippen molar-refractivity contribution < 1.29 is 28.8 Å². The lowest BCUT2D eigenvalue weighted by atomic mass is 9.98. The molecule has 0 aliphatic rings. The predicted molar refractivity (Wildman–Crippen MR) is 210 cm³/mol. The number of pyridine rings is 1. The number of nitrogens with one attached hydrogen (secondary N) is 5. The SMILES string of the molecule is CC(C)C[C@@H](NC(=O)[C@H](NC(=O)[C@@H](Cc1ccccc1)NC(=O)[C@@H](Cc1ccccc1)NC(=O)[C@@H](C)NC(=O)c1ccnc2ccccc12)C(C)C)C(N)=O. The predicted octanol–water partition coefficient (Wildman–Crippen LogP) is 2.97. The van der Waals surface area contributed by atoms with Crippen LogP contribution in [0.3, 0.4) is 0 Å². The molecule has 4 rings (SSSR count). The van der Waals surface area contributed by atoms with E-state index in [0.717, 1.165) is 11.1 Å². The van der Waals surface area contributed by atoms with E-state index in [1.165, 1.54) is 13.1 Å². The number of fused-ring (bicyclic) bond motifs is 1. The summed E-state index contributed by atoms with van der Waals surface area (Å²) in [5, 5.41) is 14.4. The van der Waals surface area contributed by atoms with Crippen molar-refractivity contribution in [1.29, 1.82) is 0 Å². The lowest BCUT2D eigenvalue weighted by Crippen LogP contribution is -2.60. The minimum Gasteiger partial charge on any atom is -0.368 e. The van der Waals surface area contributed by atoms with Crippen molar-refractivity contribution in [3.8, 4) is 0 Å². The van der Waals surface area contributed by atoms with Crippen LogP contribution in [0.15, 0.2) is 97.2 Å². The summed E-state index contributed by atoms with van der Waals surface area (Å²) in [5.74, 6) is -3.98. The number of benzene rings is 3. The molecule has 7 N–H and O–H groups in total. The number of hydrogen-bond donors (Lipinski definition) is 6. The minimum atomic E-state index is -1.17. The summed E-state index contributed by atoms with van der Waals surface area (Å²) in [6.07, 6.45) is 1.99. The van der Waals surface area contributed by atoms with Crippen molar-refractivity contribution in [1.82, 2.24) is 31.6 Å². The van der Waals surface area contributed by atoms with Gasteiger partial charge in [0.05, 0.1) is 11.1 Å². The van der Waals surface area contributed by atoms with E-state index in [4.69, 9.17) is 5.73 Å². The van der Waals surface area contributed by atoms with Gasteiger partial charge in [0.2, 0.25) is 29.5 Å². The Hall–Kier alpha value is -6.11. The smallest absolute Gasteiger partial charge is 0.252 e. The fourth-order valence-corrected chi connectivity index (χ4v) is 6.09. The Morgan fingerprint density at radius 1 is 0.582 bits per heavy atom. The van der Waals surface area contributed by atoms with Gasteiger partial charge < -0.3 is 32.3 Å². The maximum atomic E-state index is 14.1. The van der Waals surface area contributed by atoms with Crippen LogP contribution >= 0.6 is 0 Å². The molecule has 0 unspecified atom stereocenters. The zero-order chi connectivity index (χ0) is 40.1. The molecule has 0 aliphatic heterocycles. The Morgan fingerprint density at radius 3 is 1.64 bits per heavy atom. The molecule has 0 fully saturated rings. The van der Waals surface area contributed by atoms with Crippen LogP contribution in [0.5, 0.6) is 0 Å². The first-order valence-corrected chi connectivity index (χ1v) is 18.5. The molecule has 0 aliphatic carbocycles. The van der Waals surface area contributed by atoms with Crippen molar-refractivity contribution in [2.75, 3.05) is 0 Å². The summed E-state index contributed by atoms with van der Waals surface area (Å²) < 4.78 is 0. The molecular formula is C42H51N7O6. The van der Waals surface area contributed by atoms with Gasteiger partial charge in [-0.15, -0.1) is 0 Å². The first-order valence-electron chi connectivity index (χ1n) is 18.5. The van der Waals surface area contributed by atoms with Crippen molar-refractivity contribution in [2.45, 2.75) is 84.1 Å². The van der Waals surface area contributed by atoms with Gasteiger partial charge in [0.25, 0.3) is 5.91 Å². The van der Waals surface area contributed by atoms with E-state index >= 15 is 0 Å². The van der Waals surface area contributed by atoms with Crippen LogP contribution in [0.25, 0.3) is 10.9 Å². The largest absolute Gasteiger partial charge is 0.368 e. The number of para-hydroxylation sites is 1. The second-order valence-electron chi connectivity index (χ2n) is 14.4. The van der Waals surface area contributed by atoms with Crippen LogP contribution in [0.1, 0.15) is 62.5 Å². The number of aromatic nitrogens is 1. The second kappa shape index (κ2) is 19.8. The third-order valence-electron chi connectivity index (χ3n) is 9.08. The molecule has 6 amide bonds. The van der Waals surface area contributed by atoms with Crippen molar-refractivity contribution in [2.24, 2.45) is 17.6 Å². The van der Waals surface area contributed by atoms with Gasteiger partial charge in [-0.05, 0) is 48.4 Å². The van der Waals surface area contributed by atoms with Crippen LogP contribution in [-0.4, -0.2) is 70.6 Å². The lowest BCUT2D eigenvalue weighted by molar-refractivity contribution is -0.135. The third-order valence-corrected chi connectivity index (χ3v) is 9.08. The van der Waals surface area contributed by atoms with Gasteiger partial charge in [0.15, 0.2) is 0 Å². The highest BCUT2D eigenvalue weighted by Crippen LogP contribution is 2.16. The summed E-state index contributed by atoms with van der Waals surface area (Å²) in [7, 11) is 0. The molecule has 290 valence electrons. The fourth-order valence-electron chi connectivity index (χ4n) is 6.09. The molecule has 5 atom stereocenters. The number of rotatable bonds is 18. The average molecular weight is 750 g/mol. The van der Waals surface area contributed by atoms with Gasteiger partial charge in [-0.2, -0.15) is 0 Å². The van der Waals surface area contributed by atoms with E-state index in [0.29, 0.717) is 22.9 Å². The first-order chi connectivity index (χ1) is 26.2. The van der Waals surface area contributed by atoms with E-state index in [9.17, 15) is 28.8 Å². The molecule has 0 saturated carbocycles. The summed E-state index contributed by atoms with van der Waals surface area (Å²) in [6.45, 7) is 8.81. The number of amides is 6. The number of nitrogens with two attached hydrogens (primary N) is 1. The number of hydrogen-bond acceptors (Lipinski definition) is 7. The molecule has 4 aromatic rings. The maximum Gasteiger partial charge on any atom is 0.252 e. The molecule has 0 saturated heterocycles.